The molecule has 37 heavy (non-hydrogen) atoms. The monoisotopic (exact) mass is 502 g/mol. The number of methoxy groups -OCH3 is 3. The summed E-state index contributed by atoms with van der Waals surface area (Å²) in [4.78, 5) is 26.2. The lowest BCUT2D eigenvalue weighted by Gasteiger charge is -2.26. The van der Waals surface area contributed by atoms with Crippen LogP contribution >= 0.6 is 0 Å². The molecule has 1 aromatic heterocycles. The topological polar surface area (TPSA) is 103 Å². The van der Waals surface area contributed by atoms with Gasteiger partial charge in [-0.3, -0.25) is 9.59 Å². The highest BCUT2D eigenvalue weighted by Crippen LogP contribution is 2.48. The first-order chi connectivity index (χ1) is 18.0. The van der Waals surface area contributed by atoms with Crippen LogP contribution in [0.25, 0.3) is 22.1 Å². The molecular formula is C28H22O9. The SMILES string of the molecule is COc1ccc(-c2coc3c4c(ccc3c2=O)OC(=O)C[C@@H]4c2cc(OC)c3c(c2)OCO3)cc1OC. The summed E-state index contributed by atoms with van der Waals surface area (Å²) in [6.45, 7) is 0.0785. The number of esters is 1. The number of hydrogen-bond donors (Lipinski definition) is 0. The Morgan fingerprint density at radius 1 is 0.838 bits per heavy atom. The predicted octanol–water partition coefficient (Wildman–Crippen LogP) is 4.66. The van der Waals surface area contributed by atoms with E-state index in [1.807, 2.05) is 6.07 Å². The first-order valence-electron chi connectivity index (χ1n) is 11.5. The minimum atomic E-state index is -0.460. The van der Waals surface area contributed by atoms with Gasteiger partial charge in [0.25, 0.3) is 0 Å². The summed E-state index contributed by atoms with van der Waals surface area (Å²) in [5.74, 6) is 2.05. The molecule has 0 fully saturated rings. The van der Waals surface area contributed by atoms with Gasteiger partial charge in [-0.2, -0.15) is 0 Å². The third-order valence-electron chi connectivity index (χ3n) is 6.66. The highest BCUT2D eigenvalue weighted by atomic mass is 16.7. The highest BCUT2D eigenvalue weighted by Gasteiger charge is 2.34. The van der Waals surface area contributed by atoms with E-state index in [1.54, 1.807) is 43.5 Å². The van der Waals surface area contributed by atoms with Gasteiger partial charge in [-0.15, -0.1) is 0 Å². The molecule has 0 N–H and O–H groups in total. The van der Waals surface area contributed by atoms with E-state index in [0.717, 1.165) is 5.56 Å². The molecule has 0 bridgehead atoms. The Hall–Kier alpha value is -4.66. The van der Waals surface area contributed by atoms with E-state index in [4.69, 9.17) is 32.8 Å². The van der Waals surface area contributed by atoms with Gasteiger partial charge in [-0.1, -0.05) is 6.07 Å². The van der Waals surface area contributed by atoms with Crippen LogP contribution in [0.5, 0.6) is 34.5 Å². The Kier molecular flexibility index (Phi) is 5.40. The van der Waals surface area contributed by atoms with Gasteiger partial charge >= 0.3 is 5.97 Å². The van der Waals surface area contributed by atoms with Crippen molar-refractivity contribution in [3.05, 3.63) is 70.1 Å². The van der Waals surface area contributed by atoms with E-state index in [-0.39, 0.29) is 18.6 Å². The van der Waals surface area contributed by atoms with Crippen molar-refractivity contribution < 1.29 is 37.6 Å². The molecule has 3 heterocycles. The largest absolute Gasteiger partial charge is 0.493 e. The molecule has 2 aliphatic rings. The van der Waals surface area contributed by atoms with Crippen LogP contribution < -0.4 is 33.8 Å². The highest BCUT2D eigenvalue weighted by molar-refractivity contribution is 5.90. The number of ether oxygens (including phenoxy) is 6. The Bertz CT molecular complexity index is 1620. The minimum absolute atomic E-state index is 0.0516. The minimum Gasteiger partial charge on any atom is -0.493 e. The van der Waals surface area contributed by atoms with Gasteiger partial charge in [0.05, 0.1) is 38.7 Å². The number of carbonyl (C=O) groups excluding carboxylic acids is 1. The van der Waals surface area contributed by atoms with Crippen LogP contribution in [0.4, 0.5) is 0 Å². The van der Waals surface area contributed by atoms with Crippen molar-refractivity contribution in [3.8, 4) is 45.6 Å². The molecule has 0 aliphatic carbocycles. The molecule has 9 nitrogen and oxygen atoms in total. The Morgan fingerprint density at radius 3 is 2.43 bits per heavy atom. The zero-order chi connectivity index (χ0) is 25.7. The fourth-order valence-corrected chi connectivity index (χ4v) is 4.89. The zero-order valence-electron chi connectivity index (χ0n) is 20.3. The molecule has 0 radical (unpaired) electrons. The summed E-state index contributed by atoms with van der Waals surface area (Å²) in [5.41, 5.74) is 2.46. The van der Waals surface area contributed by atoms with Crippen LogP contribution in [-0.2, 0) is 4.79 Å². The second-order valence-electron chi connectivity index (χ2n) is 8.59. The maximum absolute atomic E-state index is 13.6. The quantitative estimate of drug-likeness (QED) is 0.285. The van der Waals surface area contributed by atoms with Crippen LogP contribution in [0.3, 0.4) is 0 Å². The van der Waals surface area contributed by atoms with E-state index in [0.29, 0.717) is 62.2 Å². The van der Waals surface area contributed by atoms with E-state index in [9.17, 15) is 9.59 Å². The molecule has 9 heteroatoms. The van der Waals surface area contributed by atoms with Gasteiger partial charge in [0.1, 0.15) is 17.6 Å². The van der Waals surface area contributed by atoms with E-state index >= 15 is 0 Å². The van der Waals surface area contributed by atoms with E-state index < -0.39 is 11.9 Å². The molecule has 4 aromatic rings. The van der Waals surface area contributed by atoms with Crippen molar-refractivity contribution in [2.45, 2.75) is 12.3 Å². The molecule has 2 aliphatic heterocycles. The maximum Gasteiger partial charge on any atom is 0.312 e. The summed E-state index contributed by atoms with van der Waals surface area (Å²) < 4.78 is 38.9. The van der Waals surface area contributed by atoms with Gasteiger partial charge in [0.15, 0.2) is 23.0 Å². The molecule has 0 saturated heterocycles. The van der Waals surface area contributed by atoms with Crippen LogP contribution in [0, 0.1) is 0 Å². The van der Waals surface area contributed by atoms with Crippen LogP contribution in [0.1, 0.15) is 23.5 Å². The van der Waals surface area contributed by atoms with Crippen molar-refractivity contribution in [1.82, 2.24) is 0 Å². The average Bonchev–Trinajstić information content (AvgIpc) is 3.40. The van der Waals surface area contributed by atoms with Gasteiger partial charge < -0.3 is 32.8 Å². The molecule has 6 rings (SSSR count). The Morgan fingerprint density at radius 2 is 1.65 bits per heavy atom. The van der Waals surface area contributed by atoms with Crippen LogP contribution in [0.2, 0.25) is 0 Å². The molecule has 188 valence electrons. The third-order valence-corrected chi connectivity index (χ3v) is 6.66. The Balaban J connectivity index is 1.53. The number of benzene rings is 3. The van der Waals surface area contributed by atoms with Crippen molar-refractivity contribution >= 4 is 16.9 Å². The Labute approximate surface area is 211 Å². The van der Waals surface area contributed by atoms with Gasteiger partial charge in [-0.25, -0.2) is 0 Å². The summed E-state index contributed by atoms with van der Waals surface area (Å²) in [5, 5.41) is 0.363. The fourth-order valence-electron chi connectivity index (χ4n) is 4.89. The summed E-state index contributed by atoms with van der Waals surface area (Å²) in [6, 6.07) is 12.1. The van der Waals surface area contributed by atoms with Crippen molar-refractivity contribution in [2.75, 3.05) is 28.1 Å². The number of rotatable bonds is 5. The second kappa shape index (κ2) is 8.77. The average molecular weight is 502 g/mol. The normalized spacial score (nSPS) is 15.8. The summed E-state index contributed by atoms with van der Waals surface area (Å²) in [6.07, 6.45) is 1.47. The maximum atomic E-state index is 13.6. The lowest BCUT2D eigenvalue weighted by Crippen LogP contribution is -2.22. The third kappa shape index (κ3) is 3.62. The molecule has 0 spiro atoms. The number of hydrogen-bond acceptors (Lipinski definition) is 9. The molecule has 0 unspecified atom stereocenters. The van der Waals surface area contributed by atoms with Crippen LogP contribution in [0.15, 0.2) is 57.9 Å². The standard InChI is InChI=1S/C28H22O9/c1-31-19-6-4-14(8-21(19)32-2)18-12-34-27-16(26(18)30)5-7-20-25(27)17(11-24(29)37-20)15-9-22(33-3)28-23(10-15)35-13-36-28/h4-10,12,17H,11,13H2,1-3H3/t17-/m1/s1. The molecule has 1 atom stereocenters. The zero-order valence-corrected chi connectivity index (χ0v) is 20.3. The number of carbonyl (C=O) groups is 1. The van der Waals surface area contributed by atoms with Gasteiger partial charge in [0.2, 0.25) is 18.0 Å². The van der Waals surface area contributed by atoms with E-state index in [2.05, 4.69) is 0 Å². The predicted molar refractivity (Wildman–Crippen MR) is 132 cm³/mol. The summed E-state index contributed by atoms with van der Waals surface area (Å²) >= 11 is 0. The van der Waals surface area contributed by atoms with Crippen molar-refractivity contribution in [1.29, 1.82) is 0 Å². The fraction of sp³-hybridized carbons (Fsp3) is 0.214. The lowest BCUT2D eigenvalue weighted by molar-refractivity contribution is -0.135. The molecule has 0 amide bonds. The molecular weight excluding hydrogens is 480 g/mol. The molecule has 3 aromatic carbocycles. The van der Waals surface area contributed by atoms with Crippen LogP contribution in [-0.4, -0.2) is 34.1 Å². The first-order valence-corrected chi connectivity index (χ1v) is 11.5. The molecule has 0 saturated carbocycles. The van der Waals surface area contributed by atoms with E-state index in [1.165, 1.54) is 20.5 Å². The lowest BCUT2D eigenvalue weighted by atomic mass is 9.84. The smallest absolute Gasteiger partial charge is 0.312 e. The van der Waals surface area contributed by atoms with Crippen molar-refractivity contribution in [2.24, 2.45) is 0 Å². The van der Waals surface area contributed by atoms with Gasteiger partial charge in [-0.05, 0) is 47.5 Å². The number of fused-ring (bicyclic) bond motifs is 4. The summed E-state index contributed by atoms with van der Waals surface area (Å²) in [7, 11) is 4.61. The van der Waals surface area contributed by atoms with Gasteiger partial charge in [0, 0.05) is 11.5 Å². The second-order valence-corrected chi connectivity index (χ2v) is 8.59. The first kappa shape index (κ1) is 22.8. The van der Waals surface area contributed by atoms with Crippen molar-refractivity contribution in [3.63, 3.8) is 0 Å².